The first-order valence-corrected chi connectivity index (χ1v) is 6.82. The molecule has 2 heterocycles. The van der Waals surface area contributed by atoms with Gasteiger partial charge in [0.2, 0.25) is 0 Å². The van der Waals surface area contributed by atoms with E-state index in [1.165, 1.54) is 0 Å². The van der Waals surface area contributed by atoms with Gasteiger partial charge in [0.25, 0.3) is 5.69 Å². The SMILES string of the molecule is Cc1cn2c(n1)CN(CCc1ccc([N+](=O)[O-])cc1)C=C2. The second-order valence-electron chi connectivity index (χ2n) is 5.15. The standard InChI is InChI=1S/C15H16N4O2/c1-12-10-18-9-8-17(11-15(18)16-12)7-6-13-2-4-14(5-3-13)19(20)21/h2-5,8-10H,6-7,11H2,1H3. The van der Waals surface area contributed by atoms with Crippen LogP contribution >= 0.6 is 0 Å². The molecule has 6 nitrogen and oxygen atoms in total. The van der Waals surface area contributed by atoms with Crippen LogP contribution in [0.25, 0.3) is 6.20 Å². The van der Waals surface area contributed by atoms with Gasteiger partial charge in [0.05, 0.1) is 17.2 Å². The average Bonchev–Trinajstić information content (AvgIpc) is 2.84. The van der Waals surface area contributed by atoms with Crippen LogP contribution in [0.15, 0.2) is 36.7 Å². The molecule has 21 heavy (non-hydrogen) atoms. The predicted octanol–water partition coefficient (Wildman–Crippen LogP) is 2.59. The zero-order valence-corrected chi connectivity index (χ0v) is 11.8. The van der Waals surface area contributed by atoms with E-state index in [0.717, 1.165) is 36.6 Å². The lowest BCUT2D eigenvalue weighted by Crippen LogP contribution is -2.24. The van der Waals surface area contributed by atoms with Crippen LogP contribution in [0.3, 0.4) is 0 Å². The highest BCUT2D eigenvalue weighted by Crippen LogP contribution is 2.15. The zero-order valence-electron chi connectivity index (χ0n) is 11.8. The number of benzene rings is 1. The number of nitro groups is 1. The van der Waals surface area contributed by atoms with E-state index in [2.05, 4.69) is 16.1 Å². The molecule has 0 aliphatic carbocycles. The second-order valence-corrected chi connectivity index (χ2v) is 5.15. The van der Waals surface area contributed by atoms with E-state index in [-0.39, 0.29) is 10.6 Å². The summed E-state index contributed by atoms with van der Waals surface area (Å²) < 4.78 is 2.04. The van der Waals surface area contributed by atoms with Crippen LogP contribution in [-0.2, 0) is 13.0 Å². The Balaban J connectivity index is 1.60. The monoisotopic (exact) mass is 284 g/mol. The van der Waals surface area contributed by atoms with Gasteiger partial charge in [0, 0.05) is 37.3 Å². The van der Waals surface area contributed by atoms with Crippen LogP contribution in [-0.4, -0.2) is 25.9 Å². The van der Waals surface area contributed by atoms with Crippen LogP contribution in [0, 0.1) is 17.0 Å². The van der Waals surface area contributed by atoms with Crippen LogP contribution in [0.4, 0.5) is 5.69 Å². The number of non-ortho nitro benzene ring substituents is 1. The molecule has 1 aliphatic heterocycles. The lowest BCUT2D eigenvalue weighted by molar-refractivity contribution is -0.384. The van der Waals surface area contributed by atoms with Gasteiger partial charge in [-0.3, -0.25) is 10.1 Å². The van der Waals surface area contributed by atoms with Crippen molar-refractivity contribution >= 4 is 11.9 Å². The first-order chi connectivity index (χ1) is 10.1. The third kappa shape index (κ3) is 2.94. The molecule has 0 bridgehead atoms. The molecule has 108 valence electrons. The Bertz CT molecular complexity index is 688. The molecule has 0 fully saturated rings. The molecule has 2 aromatic rings. The van der Waals surface area contributed by atoms with Crippen molar-refractivity contribution in [1.29, 1.82) is 0 Å². The van der Waals surface area contributed by atoms with Gasteiger partial charge in [-0.05, 0) is 18.9 Å². The molecule has 6 heteroatoms. The minimum atomic E-state index is -0.376. The fourth-order valence-corrected chi connectivity index (χ4v) is 2.42. The normalized spacial score (nSPS) is 13.3. The van der Waals surface area contributed by atoms with E-state index in [9.17, 15) is 10.1 Å². The molecule has 0 radical (unpaired) electrons. The molecular weight excluding hydrogens is 268 g/mol. The molecule has 0 amide bonds. The number of fused-ring (bicyclic) bond motifs is 1. The van der Waals surface area contributed by atoms with Crippen LogP contribution in [0.1, 0.15) is 17.1 Å². The highest BCUT2D eigenvalue weighted by molar-refractivity contribution is 5.33. The average molecular weight is 284 g/mol. The summed E-state index contributed by atoms with van der Waals surface area (Å²) >= 11 is 0. The van der Waals surface area contributed by atoms with Gasteiger partial charge in [-0.2, -0.15) is 0 Å². The Kier molecular flexibility index (Phi) is 3.43. The van der Waals surface area contributed by atoms with Gasteiger partial charge in [-0.1, -0.05) is 12.1 Å². The Morgan fingerprint density at radius 1 is 1.29 bits per heavy atom. The third-order valence-electron chi connectivity index (χ3n) is 3.55. The fourth-order valence-electron chi connectivity index (χ4n) is 2.42. The van der Waals surface area contributed by atoms with Crippen LogP contribution in [0.5, 0.6) is 0 Å². The van der Waals surface area contributed by atoms with E-state index in [4.69, 9.17) is 0 Å². The number of nitro benzene ring substituents is 1. The number of aryl methyl sites for hydroxylation is 1. The van der Waals surface area contributed by atoms with Crippen molar-refractivity contribution in [3.63, 3.8) is 0 Å². The van der Waals surface area contributed by atoms with E-state index >= 15 is 0 Å². The minimum absolute atomic E-state index is 0.133. The number of hydrogen-bond acceptors (Lipinski definition) is 4. The summed E-state index contributed by atoms with van der Waals surface area (Å²) in [5, 5.41) is 10.6. The maximum absolute atomic E-state index is 10.6. The number of nitrogens with zero attached hydrogens (tertiary/aromatic N) is 4. The minimum Gasteiger partial charge on any atom is -0.368 e. The van der Waals surface area contributed by atoms with Gasteiger partial charge in [0.15, 0.2) is 0 Å². The molecule has 0 saturated carbocycles. The van der Waals surface area contributed by atoms with Crippen LogP contribution < -0.4 is 0 Å². The maximum Gasteiger partial charge on any atom is 0.269 e. The summed E-state index contributed by atoms with van der Waals surface area (Å²) in [4.78, 5) is 16.9. The third-order valence-corrected chi connectivity index (χ3v) is 3.55. The summed E-state index contributed by atoms with van der Waals surface area (Å²) in [7, 11) is 0. The smallest absolute Gasteiger partial charge is 0.269 e. The van der Waals surface area contributed by atoms with Gasteiger partial charge >= 0.3 is 0 Å². The van der Waals surface area contributed by atoms with E-state index in [1.807, 2.05) is 36.0 Å². The number of hydrogen-bond donors (Lipinski definition) is 0. The maximum atomic E-state index is 10.6. The summed E-state index contributed by atoms with van der Waals surface area (Å²) in [6.45, 7) is 3.64. The molecule has 1 aromatic carbocycles. The Morgan fingerprint density at radius 2 is 2.05 bits per heavy atom. The number of aromatic nitrogens is 2. The predicted molar refractivity (Wildman–Crippen MR) is 79.5 cm³/mol. The first-order valence-electron chi connectivity index (χ1n) is 6.82. The molecule has 0 saturated heterocycles. The van der Waals surface area contributed by atoms with Gasteiger partial charge < -0.3 is 9.47 Å². The van der Waals surface area contributed by atoms with Crippen molar-refractivity contribution in [3.05, 3.63) is 63.9 Å². The molecule has 0 atom stereocenters. The van der Waals surface area contributed by atoms with E-state index in [0.29, 0.717) is 0 Å². The fraction of sp³-hybridized carbons (Fsp3) is 0.267. The van der Waals surface area contributed by atoms with Gasteiger partial charge in [-0.15, -0.1) is 0 Å². The highest BCUT2D eigenvalue weighted by Gasteiger charge is 2.12. The molecule has 0 N–H and O–H groups in total. The van der Waals surface area contributed by atoms with Crippen molar-refractivity contribution in [3.8, 4) is 0 Å². The van der Waals surface area contributed by atoms with Gasteiger partial charge in [-0.25, -0.2) is 4.98 Å². The first kappa shape index (κ1) is 13.4. The van der Waals surface area contributed by atoms with Crippen molar-refractivity contribution in [1.82, 2.24) is 14.5 Å². The van der Waals surface area contributed by atoms with Crippen molar-refractivity contribution in [2.45, 2.75) is 19.9 Å². The Morgan fingerprint density at radius 3 is 2.76 bits per heavy atom. The lowest BCUT2D eigenvalue weighted by Gasteiger charge is -2.23. The summed E-state index contributed by atoms with van der Waals surface area (Å²) in [5.74, 6) is 1.04. The quantitative estimate of drug-likeness (QED) is 0.639. The molecule has 0 spiro atoms. The van der Waals surface area contributed by atoms with E-state index in [1.54, 1.807) is 12.1 Å². The zero-order chi connectivity index (χ0) is 14.8. The number of imidazole rings is 1. The molecule has 1 aliphatic rings. The van der Waals surface area contributed by atoms with Crippen LogP contribution in [0.2, 0.25) is 0 Å². The van der Waals surface area contributed by atoms with Gasteiger partial charge in [0.1, 0.15) is 5.82 Å². The highest BCUT2D eigenvalue weighted by atomic mass is 16.6. The van der Waals surface area contributed by atoms with Crippen molar-refractivity contribution in [2.24, 2.45) is 0 Å². The lowest BCUT2D eigenvalue weighted by atomic mass is 10.1. The largest absolute Gasteiger partial charge is 0.368 e. The van der Waals surface area contributed by atoms with Crippen molar-refractivity contribution < 1.29 is 4.92 Å². The van der Waals surface area contributed by atoms with E-state index < -0.39 is 0 Å². The molecular formula is C15H16N4O2. The molecule has 0 unspecified atom stereocenters. The molecule has 3 rings (SSSR count). The topological polar surface area (TPSA) is 64.2 Å². The van der Waals surface area contributed by atoms with Crippen molar-refractivity contribution in [2.75, 3.05) is 6.54 Å². The summed E-state index contributed by atoms with van der Waals surface area (Å²) in [6.07, 6.45) is 6.93. The summed E-state index contributed by atoms with van der Waals surface area (Å²) in [5.41, 5.74) is 2.25. The number of rotatable bonds is 4. The Hall–Kier alpha value is -2.63. The molecule has 1 aromatic heterocycles. The Labute approximate surface area is 122 Å². The summed E-state index contributed by atoms with van der Waals surface area (Å²) in [6, 6.07) is 6.74. The second kappa shape index (κ2) is 5.40.